The molecule has 2 atom stereocenters. The zero-order valence-electron chi connectivity index (χ0n) is 32.5. The monoisotopic (exact) mass is 820 g/mol. The molecule has 0 radical (unpaired) electrons. The third kappa shape index (κ3) is 9.56. The van der Waals surface area contributed by atoms with Crippen LogP contribution >= 0.6 is 0 Å². The van der Waals surface area contributed by atoms with Crippen molar-refractivity contribution in [3.63, 3.8) is 0 Å². The number of carbonyl (C=O) groups excluding carboxylic acids is 3. The highest BCUT2D eigenvalue weighted by atomic mass is 16.6. The first-order valence-electron chi connectivity index (χ1n) is 18.3. The summed E-state index contributed by atoms with van der Waals surface area (Å²) in [6.45, 7) is 0. The van der Waals surface area contributed by atoms with E-state index in [0.29, 0.717) is 34.8 Å². The number of carboxylic acids is 1. The molecule has 0 aliphatic heterocycles. The maximum absolute atomic E-state index is 14.7. The summed E-state index contributed by atoms with van der Waals surface area (Å²) in [5, 5.41) is 49.5. The molecule has 20 heteroatoms. The molecule has 6 aromatic rings. The summed E-state index contributed by atoms with van der Waals surface area (Å²) in [7, 11) is 4.56. The minimum absolute atomic E-state index is 0.0316. The standard InChI is InChI=1S/C40H40N10O10/c1-58-27-12-5-23(6-13-27)4-11-26(20-24-7-14-28(59-2)15-8-24)40(39(54)55,43-37(52)30-18-19-41-45-30)44-38(53)35-34(42-36(51)32-22-33(48-47-32)50(56)57)31(46-49-35)21-25-9-16-29(60-3)17-10-25/h5-10,12-19,22,26H,4,11,20-21H2,1-3H3,(H,41,45)(H,42,51)(H,43,52)(H,44,53)(H,46,49)(H,47,48)(H,54,55)/t26-,40-/m1/s1. The first-order chi connectivity index (χ1) is 28.9. The normalized spacial score (nSPS) is 12.4. The van der Waals surface area contributed by atoms with Crippen LogP contribution in [0.25, 0.3) is 0 Å². The zero-order valence-corrected chi connectivity index (χ0v) is 32.5. The van der Waals surface area contributed by atoms with Crippen molar-refractivity contribution in [2.24, 2.45) is 5.92 Å². The minimum Gasteiger partial charge on any atom is -0.497 e. The molecule has 3 heterocycles. The average molecular weight is 821 g/mol. The van der Waals surface area contributed by atoms with Crippen LogP contribution in [-0.4, -0.2) is 91.3 Å². The van der Waals surface area contributed by atoms with Gasteiger partial charge < -0.3 is 45.4 Å². The van der Waals surface area contributed by atoms with Gasteiger partial charge >= 0.3 is 11.8 Å². The summed E-state index contributed by atoms with van der Waals surface area (Å²) in [4.78, 5) is 66.4. The highest BCUT2D eigenvalue weighted by Gasteiger charge is 2.49. The third-order valence-electron chi connectivity index (χ3n) is 9.73. The van der Waals surface area contributed by atoms with E-state index in [-0.39, 0.29) is 47.7 Å². The number of nitro groups is 1. The van der Waals surface area contributed by atoms with Gasteiger partial charge in [-0.05, 0) is 83.3 Å². The number of aromatic amines is 3. The second-order valence-corrected chi connectivity index (χ2v) is 13.4. The Hall–Kier alpha value is -8.03. The van der Waals surface area contributed by atoms with Gasteiger partial charge in [0.05, 0.1) is 43.9 Å². The van der Waals surface area contributed by atoms with E-state index in [9.17, 15) is 34.4 Å². The fraction of sp³-hybridized carbons (Fsp3) is 0.225. The van der Waals surface area contributed by atoms with Crippen LogP contribution in [0.3, 0.4) is 0 Å². The van der Waals surface area contributed by atoms with Crippen LogP contribution in [0.4, 0.5) is 11.5 Å². The number of hydrogen-bond acceptors (Lipinski definition) is 12. The molecule has 0 bridgehead atoms. The second-order valence-electron chi connectivity index (χ2n) is 13.4. The Bertz CT molecular complexity index is 2450. The fourth-order valence-electron chi connectivity index (χ4n) is 6.48. The number of carbonyl (C=O) groups is 4. The lowest BCUT2D eigenvalue weighted by Crippen LogP contribution is -2.70. The fourth-order valence-corrected chi connectivity index (χ4v) is 6.48. The maximum Gasteiger partial charge on any atom is 0.390 e. The third-order valence-corrected chi connectivity index (χ3v) is 9.73. The Morgan fingerprint density at radius 3 is 1.87 bits per heavy atom. The lowest BCUT2D eigenvalue weighted by molar-refractivity contribution is -0.389. The number of aromatic nitrogens is 6. The van der Waals surface area contributed by atoms with Gasteiger partial charge in [0, 0.05) is 18.5 Å². The van der Waals surface area contributed by atoms with Gasteiger partial charge in [-0.15, -0.1) is 0 Å². The summed E-state index contributed by atoms with van der Waals surface area (Å²) in [6, 6.07) is 23.2. The van der Waals surface area contributed by atoms with Gasteiger partial charge in [-0.25, -0.2) is 4.79 Å². The SMILES string of the molecule is COc1ccc(CC[C@H](Cc2ccc(OC)cc2)[C@@](NC(=O)c2ccn[nH]2)(NC(=O)c2[nH]nc(Cc3ccc(OC)cc3)c2NC(=O)c2cc([N+](=O)[O-])n[nH]2)C(=O)O)cc1. The van der Waals surface area contributed by atoms with Gasteiger partial charge in [0.15, 0.2) is 5.69 Å². The van der Waals surface area contributed by atoms with Crippen LogP contribution in [0.5, 0.6) is 17.2 Å². The molecule has 310 valence electrons. The topological polar surface area (TPSA) is 281 Å². The number of anilines is 1. The van der Waals surface area contributed by atoms with Gasteiger partial charge in [-0.3, -0.25) is 24.6 Å². The molecule has 0 aliphatic carbocycles. The lowest BCUT2D eigenvalue weighted by Gasteiger charge is -2.38. The molecule has 0 fully saturated rings. The Morgan fingerprint density at radius 2 is 1.33 bits per heavy atom. The van der Waals surface area contributed by atoms with E-state index in [4.69, 9.17) is 14.2 Å². The minimum atomic E-state index is -2.53. The number of hydrogen-bond donors (Lipinski definition) is 7. The van der Waals surface area contributed by atoms with Crippen molar-refractivity contribution in [1.29, 1.82) is 0 Å². The van der Waals surface area contributed by atoms with Gasteiger partial charge in [0.25, 0.3) is 17.7 Å². The summed E-state index contributed by atoms with van der Waals surface area (Å²) >= 11 is 0. The number of carboxylic acid groups (broad SMARTS) is 1. The van der Waals surface area contributed by atoms with E-state index in [0.717, 1.165) is 11.6 Å². The molecule has 0 saturated carbocycles. The molecule has 20 nitrogen and oxygen atoms in total. The molecule has 3 aromatic carbocycles. The van der Waals surface area contributed by atoms with E-state index in [1.54, 1.807) is 60.7 Å². The Balaban J connectivity index is 1.43. The predicted molar refractivity (Wildman–Crippen MR) is 213 cm³/mol. The van der Waals surface area contributed by atoms with Crippen LogP contribution in [0.1, 0.15) is 60.3 Å². The molecule has 0 saturated heterocycles. The zero-order chi connectivity index (χ0) is 42.8. The number of nitrogens with zero attached hydrogens (tertiary/aromatic N) is 4. The number of H-pyrrole nitrogens is 3. The number of aryl methyl sites for hydroxylation is 1. The molecule has 7 N–H and O–H groups in total. The van der Waals surface area contributed by atoms with Crippen LogP contribution in [0, 0.1) is 16.0 Å². The van der Waals surface area contributed by atoms with Crippen LogP contribution in [0.15, 0.2) is 91.1 Å². The van der Waals surface area contributed by atoms with Crippen LogP contribution in [0.2, 0.25) is 0 Å². The van der Waals surface area contributed by atoms with Gasteiger partial charge in [0.2, 0.25) is 5.66 Å². The quantitative estimate of drug-likeness (QED) is 0.0345. The summed E-state index contributed by atoms with van der Waals surface area (Å²) < 4.78 is 15.9. The Morgan fingerprint density at radius 1 is 0.750 bits per heavy atom. The molecular formula is C40H40N10O10. The molecule has 6 rings (SSSR count). The average Bonchev–Trinajstić information content (AvgIpc) is 4.06. The van der Waals surface area contributed by atoms with Crippen molar-refractivity contribution >= 4 is 35.2 Å². The molecular weight excluding hydrogens is 780 g/mol. The predicted octanol–water partition coefficient (Wildman–Crippen LogP) is 4.07. The highest BCUT2D eigenvalue weighted by molar-refractivity contribution is 6.09. The summed E-state index contributed by atoms with van der Waals surface area (Å²) in [5.41, 5.74) is -1.17. The number of ether oxygens (including phenoxy) is 3. The number of amides is 3. The van der Waals surface area contributed by atoms with E-state index in [2.05, 4.69) is 46.5 Å². The van der Waals surface area contributed by atoms with Gasteiger partial charge in [-0.1, -0.05) is 36.4 Å². The van der Waals surface area contributed by atoms with Crippen molar-refractivity contribution in [1.82, 2.24) is 41.2 Å². The van der Waals surface area contributed by atoms with Crippen molar-refractivity contribution in [2.45, 2.75) is 31.3 Å². The smallest absolute Gasteiger partial charge is 0.390 e. The van der Waals surface area contributed by atoms with E-state index in [1.807, 2.05) is 12.1 Å². The lowest BCUT2D eigenvalue weighted by atomic mass is 9.81. The van der Waals surface area contributed by atoms with Crippen molar-refractivity contribution < 1.29 is 43.4 Å². The van der Waals surface area contributed by atoms with Crippen LogP contribution in [-0.2, 0) is 24.1 Å². The Kier molecular flexibility index (Phi) is 12.8. The first kappa shape index (κ1) is 41.6. The molecule has 3 aromatic heterocycles. The molecule has 0 spiro atoms. The second kappa shape index (κ2) is 18.5. The summed E-state index contributed by atoms with van der Waals surface area (Å²) in [6.07, 6.45) is 1.82. The van der Waals surface area contributed by atoms with E-state index < -0.39 is 46.0 Å². The van der Waals surface area contributed by atoms with Gasteiger partial charge in [-0.2, -0.15) is 15.3 Å². The number of aliphatic carboxylic acids is 1. The number of rotatable bonds is 19. The number of nitrogens with one attached hydrogen (secondary N) is 6. The number of methoxy groups -OCH3 is 3. The van der Waals surface area contributed by atoms with Crippen molar-refractivity contribution in [2.75, 3.05) is 26.6 Å². The van der Waals surface area contributed by atoms with E-state index >= 15 is 0 Å². The van der Waals surface area contributed by atoms with Gasteiger partial charge in [0.1, 0.15) is 28.6 Å². The molecule has 0 aliphatic rings. The maximum atomic E-state index is 14.7. The number of benzene rings is 3. The first-order valence-corrected chi connectivity index (χ1v) is 18.3. The highest BCUT2D eigenvalue weighted by Crippen LogP contribution is 2.30. The Labute approximate surface area is 341 Å². The molecule has 3 amide bonds. The van der Waals surface area contributed by atoms with E-state index in [1.165, 1.54) is 33.6 Å². The largest absolute Gasteiger partial charge is 0.497 e. The van der Waals surface area contributed by atoms with Crippen molar-refractivity contribution in [3.05, 3.63) is 141 Å². The van der Waals surface area contributed by atoms with Crippen LogP contribution < -0.4 is 30.2 Å². The summed E-state index contributed by atoms with van der Waals surface area (Å²) in [5.74, 6) is -4.42. The molecule has 60 heavy (non-hydrogen) atoms. The van der Waals surface area contributed by atoms with Crippen molar-refractivity contribution in [3.8, 4) is 17.2 Å². The molecule has 0 unspecified atom stereocenters.